The van der Waals surface area contributed by atoms with E-state index in [-0.39, 0.29) is 19.1 Å². The predicted molar refractivity (Wildman–Crippen MR) is 291 cm³/mol. The molecule has 2 bridgehead atoms. The number of halogens is 3. The molecule has 1 saturated heterocycles. The predicted octanol–water partition coefficient (Wildman–Crippen LogP) is 13.5. The topological polar surface area (TPSA) is 86.3 Å². The highest BCUT2D eigenvalue weighted by Gasteiger charge is 2.59. The van der Waals surface area contributed by atoms with E-state index in [0.717, 1.165) is 94.2 Å². The Balaban J connectivity index is 1.07. The second-order valence-electron chi connectivity index (χ2n) is 23.2. The summed E-state index contributed by atoms with van der Waals surface area (Å²) in [5.74, 6) is 2.94. The third-order valence-electron chi connectivity index (χ3n) is 14.8. The molecule has 3 aliphatic carbocycles. The number of nitrogens with zero attached hydrogens (tertiary/aromatic N) is 1. The normalized spacial score (nSPS) is 22.6. The van der Waals surface area contributed by atoms with E-state index < -0.39 is 56.8 Å². The highest BCUT2D eigenvalue weighted by atomic mass is 28.5. The van der Waals surface area contributed by atoms with Crippen LogP contribution in [0.25, 0.3) is 28.0 Å². The lowest BCUT2D eigenvalue weighted by Crippen LogP contribution is -2.62. The summed E-state index contributed by atoms with van der Waals surface area (Å²) in [6.45, 7) is 22.5. The first-order valence-corrected chi connectivity index (χ1v) is 37.6. The molecule has 2 aliphatic heterocycles. The van der Waals surface area contributed by atoms with Crippen LogP contribution in [0.3, 0.4) is 0 Å². The highest BCUT2D eigenvalue weighted by Crippen LogP contribution is 2.69. The van der Waals surface area contributed by atoms with Gasteiger partial charge in [0.1, 0.15) is 18.1 Å². The zero-order valence-corrected chi connectivity index (χ0v) is 48.1. The molecule has 10 rings (SSSR count). The Morgan fingerprint density at radius 3 is 1.86 bits per heavy atom. The minimum absolute atomic E-state index is 0.181. The van der Waals surface area contributed by atoms with E-state index in [4.69, 9.17) is 40.5 Å². The summed E-state index contributed by atoms with van der Waals surface area (Å²) >= 11 is 0. The van der Waals surface area contributed by atoms with Crippen LogP contribution in [0.5, 0.6) is 23.0 Å². The second kappa shape index (κ2) is 19.0. The molecule has 0 N–H and O–H groups in total. The van der Waals surface area contributed by atoms with Gasteiger partial charge in [-0.15, -0.1) is 0 Å². The van der Waals surface area contributed by atoms with Gasteiger partial charge in [0.2, 0.25) is 0 Å². The van der Waals surface area contributed by atoms with Crippen molar-refractivity contribution >= 4 is 56.5 Å². The number of anilines is 1. The van der Waals surface area contributed by atoms with Crippen molar-refractivity contribution in [3.8, 4) is 34.1 Å². The minimum Gasteiger partial charge on any atom is -0.493 e. The summed E-state index contributed by atoms with van der Waals surface area (Å²) in [6, 6.07) is 24.9. The smallest absolute Gasteiger partial charge is 0.493 e. The van der Waals surface area contributed by atoms with E-state index >= 15 is 0 Å². The molecule has 0 radical (unpaired) electrons. The zero-order chi connectivity index (χ0) is 51.9. The van der Waals surface area contributed by atoms with Crippen molar-refractivity contribution in [3.63, 3.8) is 0 Å². The van der Waals surface area contributed by atoms with Gasteiger partial charge in [0.25, 0.3) is 0 Å². The fourth-order valence-corrected chi connectivity index (χ4v) is 23.9. The largest absolute Gasteiger partial charge is 0.647 e. The number of rotatable bonds is 16. The van der Waals surface area contributed by atoms with Gasteiger partial charge >= 0.3 is 15.2 Å². The van der Waals surface area contributed by atoms with Gasteiger partial charge in [0.05, 0.1) is 39.6 Å². The Morgan fingerprint density at radius 2 is 1.32 bits per heavy atom. The molecule has 2 heterocycles. The number of fused-ring (bicyclic) bond motifs is 13. The van der Waals surface area contributed by atoms with Gasteiger partial charge in [-0.05, 0) is 172 Å². The van der Waals surface area contributed by atoms with E-state index in [1.807, 2.05) is 36.4 Å². The molecule has 0 aromatic heterocycles. The molecule has 10 nitrogen and oxygen atoms in total. The van der Waals surface area contributed by atoms with Crippen LogP contribution >= 0.6 is 0 Å². The van der Waals surface area contributed by atoms with Gasteiger partial charge < -0.3 is 45.4 Å². The van der Waals surface area contributed by atoms with Crippen molar-refractivity contribution < 1.29 is 53.6 Å². The Hall–Kier alpha value is -4.44. The third kappa shape index (κ3) is 9.87. The van der Waals surface area contributed by atoms with Crippen LogP contribution in [-0.2, 0) is 38.7 Å². The lowest BCUT2D eigenvalue weighted by Gasteiger charge is -2.41. The molecule has 5 aliphatic rings. The van der Waals surface area contributed by atoms with Crippen molar-refractivity contribution in [3.05, 3.63) is 118 Å². The molecule has 4 atom stereocenters. The summed E-state index contributed by atoms with van der Waals surface area (Å²) in [6.07, 6.45) is 3.62. The molecular formula is C56H70F3NO9Si4. The SMILES string of the molecule is COc1cc2c3c(c4c(c2cc1OC)-c1ccc(C(F)(F)F)cc1C41CC2CCC1C2)C=CC(c1ccc(OCCO[Si](O[Si](C)(C)C)(O[Si](C)(C)C)O[Si](C)(C)C)cc1)(c1ccc(N2CCOCC2)cc1)O3. The number of hydrogen-bond acceptors (Lipinski definition) is 10. The maximum absolute atomic E-state index is 14.7. The van der Waals surface area contributed by atoms with E-state index in [1.165, 1.54) is 12.1 Å². The van der Waals surface area contributed by atoms with Crippen molar-refractivity contribution in [1.29, 1.82) is 0 Å². The maximum atomic E-state index is 14.7. The van der Waals surface area contributed by atoms with Crippen LogP contribution in [0, 0.1) is 11.8 Å². The highest BCUT2D eigenvalue weighted by molar-refractivity contribution is 6.87. The van der Waals surface area contributed by atoms with Crippen LogP contribution in [0.4, 0.5) is 18.9 Å². The number of alkyl halides is 3. The molecule has 0 amide bonds. The van der Waals surface area contributed by atoms with Crippen molar-refractivity contribution in [2.24, 2.45) is 11.8 Å². The second-order valence-corrected chi connectivity index (χ2v) is 39.6. The maximum Gasteiger partial charge on any atom is 0.647 e. The monoisotopic (exact) mass is 1070 g/mol. The third-order valence-corrected chi connectivity index (χ3v) is 25.7. The van der Waals surface area contributed by atoms with Gasteiger partial charge in [-0.2, -0.15) is 13.2 Å². The molecule has 390 valence electrons. The van der Waals surface area contributed by atoms with Crippen molar-refractivity contribution in [2.45, 2.75) is 102 Å². The van der Waals surface area contributed by atoms with Gasteiger partial charge in [-0.25, -0.2) is 0 Å². The Morgan fingerprint density at radius 1 is 0.712 bits per heavy atom. The van der Waals surface area contributed by atoms with Gasteiger partial charge in [0.15, 0.2) is 42.1 Å². The molecule has 17 heteroatoms. The van der Waals surface area contributed by atoms with Crippen molar-refractivity contribution in [2.75, 3.05) is 58.6 Å². The summed E-state index contributed by atoms with van der Waals surface area (Å²) in [5.41, 5.74) is 4.96. The fourth-order valence-electron chi connectivity index (χ4n) is 12.2. The van der Waals surface area contributed by atoms with Crippen LogP contribution in [0.1, 0.15) is 59.1 Å². The average Bonchev–Trinajstić information content (AvgIpc) is 4.03. The molecule has 2 saturated carbocycles. The molecule has 5 aromatic carbocycles. The number of methoxy groups -OCH3 is 2. The van der Waals surface area contributed by atoms with Crippen LogP contribution in [-0.4, -0.2) is 87.7 Å². The first-order valence-electron chi connectivity index (χ1n) is 25.7. The lowest BCUT2D eigenvalue weighted by atomic mass is 9.65. The number of benzene rings is 5. The standard InChI is InChI=1S/C56H70F3NO9Si4/c1-61-49-34-46-47(35-50(49)62-2)53-45(52-51(46)44-23-18-41(56(57,58)59)33-48(44)54(52)36-37-12-13-40(54)32-37)24-25-55(66-53,38-14-19-42(20-15-38)60-26-28-63-29-27-60)39-16-21-43(22-17-39)64-30-31-65-73(67-70(3,4)5,68-71(6,7)8)69-72(9,10)11/h14-25,33-35,37,40H,12-13,26-32,36H2,1-11H3. The molecule has 1 spiro atoms. The van der Waals surface area contributed by atoms with E-state index in [9.17, 15) is 13.2 Å². The summed E-state index contributed by atoms with van der Waals surface area (Å²) in [5, 5.41) is 1.63. The molecule has 73 heavy (non-hydrogen) atoms. The zero-order valence-electron chi connectivity index (χ0n) is 44.1. The average molecular weight is 1070 g/mol. The fraction of sp³-hybridized carbons (Fsp3) is 0.464. The minimum atomic E-state index is -4.49. The Bertz CT molecular complexity index is 2870. The Kier molecular flexibility index (Phi) is 13.5. The quantitative estimate of drug-likeness (QED) is 0.0703. The lowest BCUT2D eigenvalue weighted by molar-refractivity contribution is -0.137. The van der Waals surface area contributed by atoms with Gasteiger partial charge in [-0.1, -0.05) is 42.8 Å². The summed E-state index contributed by atoms with van der Waals surface area (Å²) in [7, 11) is -6.78. The molecule has 4 unspecified atom stereocenters. The van der Waals surface area contributed by atoms with Crippen LogP contribution < -0.4 is 23.8 Å². The van der Waals surface area contributed by atoms with Gasteiger partial charge in [-0.3, -0.25) is 0 Å². The molecular weight excluding hydrogens is 1000 g/mol. The molecule has 5 aromatic rings. The Labute approximate surface area is 432 Å². The van der Waals surface area contributed by atoms with Crippen molar-refractivity contribution in [1.82, 2.24) is 0 Å². The summed E-state index contributed by atoms with van der Waals surface area (Å²) < 4.78 is 103. The van der Waals surface area contributed by atoms with Gasteiger partial charge in [0, 0.05) is 46.3 Å². The van der Waals surface area contributed by atoms with E-state index in [2.05, 4.69) is 100 Å². The van der Waals surface area contributed by atoms with E-state index in [0.29, 0.717) is 42.1 Å². The van der Waals surface area contributed by atoms with E-state index in [1.54, 1.807) is 20.3 Å². The first-order chi connectivity index (χ1) is 34.4. The first kappa shape index (κ1) is 52.0. The van der Waals surface area contributed by atoms with Crippen LogP contribution in [0.15, 0.2) is 84.9 Å². The number of morpholine rings is 1. The number of ether oxygens (including phenoxy) is 5. The van der Waals surface area contributed by atoms with Crippen LogP contribution in [0.2, 0.25) is 58.9 Å². The molecule has 3 fully saturated rings. The summed E-state index contributed by atoms with van der Waals surface area (Å²) in [4.78, 5) is 2.33. The number of hydrogen-bond donors (Lipinski definition) is 0.